The summed E-state index contributed by atoms with van der Waals surface area (Å²) in [5, 5.41) is 2.84. The first-order valence-electron chi connectivity index (χ1n) is 8.94. The Hall–Kier alpha value is -2.69. The molecular formula is C21H27NO4. The van der Waals surface area contributed by atoms with Crippen molar-refractivity contribution in [1.29, 1.82) is 0 Å². The van der Waals surface area contributed by atoms with Crippen molar-refractivity contribution >= 4 is 5.91 Å². The Kier molecular flexibility index (Phi) is 7.80. The highest BCUT2D eigenvalue weighted by Crippen LogP contribution is 2.17. The van der Waals surface area contributed by atoms with Gasteiger partial charge < -0.3 is 19.5 Å². The van der Waals surface area contributed by atoms with E-state index >= 15 is 0 Å². The lowest BCUT2D eigenvalue weighted by atomic mass is 10.2. The summed E-state index contributed by atoms with van der Waals surface area (Å²) in [5.41, 5.74) is 1.01. The molecule has 5 nitrogen and oxygen atoms in total. The third-order valence-corrected chi connectivity index (χ3v) is 3.45. The van der Waals surface area contributed by atoms with E-state index in [1.165, 1.54) is 0 Å². The molecule has 0 aromatic heterocycles. The van der Waals surface area contributed by atoms with Crippen LogP contribution >= 0.6 is 0 Å². The number of benzene rings is 2. The molecule has 0 heterocycles. The van der Waals surface area contributed by atoms with Gasteiger partial charge in [0.05, 0.1) is 12.7 Å². The zero-order valence-corrected chi connectivity index (χ0v) is 15.7. The lowest BCUT2D eigenvalue weighted by molar-refractivity contribution is -0.123. The lowest BCUT2D eigenvalue weighted by Gasteiger charge is -2.11. The minimum absolute atomic E-state index is 0.0241. The van der Waals surface area contributed by atoms with E-state index in [1.54, 1.807) is 12.1 Å². The molecule has 2 rings (SSSR count). The number of ether oxygens (including phenoxy) is 3. The highest BCUT2D eigenvalue weighted by atomic mass is 16.5. The summed E-state index contributed by atoms with van der Waals surface area (Å²) >= 11 is 0. The lowest BCUT2D eigenvalue weighted by Crippen LogP contribution is -2.28. The minimum atomic E-state index is -0.168. The molecule has 5 heteroatoms. The molecule has 26 heavy (non-hydrogen) atoms. The molecule has 0 unspecified atom stereocenters. The average molecular weight is 357 g/mol. The van der Waals surface area contributed by atoms with Crippen molar-refractivity contribution in [1.82, 2.24) is 5.32 Å². The van der Waals surface area contributed by atoms with Gasteiger partial charge in [-0.15, -0.1) is 0 Å². The van der Waals surface area contributed by atoms with Gasteiger partial charge in [0.15, 0.2) is 6.61 Å². The molecule has 0 atom stereocenters. The predicted octanol–water partition coefficient (Wildman–Crippen LogP) is 3.96. The molecule has 140 valence electrons. The summed E-state index contributed by atoms with van der Waals surface area (Å²) in [6, 6.07) is 15.0. The molecular weight excluding hydrogens is 330 g/mol. The van der Waals surface area contributed by atoms with Crippen LogP contribution in [0.5, 0.6) is 17.2 Å². The van der Waals surface area contributed by atoms with Crippen LogP contribution in [-0.2, 0) is 11.3 Å². The third kappa shape index (κ3) is 7.05. The largest absolute Gasteiger partial charge is 0.494 e. The van der Waals surface area contributed by atoms with E-state index in [4.69, 9.17) is 14.2 Å². The molecule has 0 radical (unpaired) electrons. The molecule has 0 bridgehead atoms. The van der Waals surface area contributed by atoms with Gasteiger partial charge in [-0.1, -0.05) is 19.1 Å². The molecule has 0 aliphatic rings. The van der Waals surface area contributed by atoms with Gasteiger partial charge in [0.1, 0.15) is 17.2 Å². The first-order valence-corrected chi connectivity index (χ1v) is 8.94. The van der Waals surface area contributed by atoms with Gasteiger partial charge in [-0.3, -0.25) is 4.79 Å². The molecule has 0 spiro atoms. The molecule has 0 saturated carbocycles. The highest BCUT2D eigenvalue weighted by Gasteiger charge is 2.04. The Morgan fingerprint density at radius 3 is 2.08 bits per heavy atom. The number of amides is 1. The van der Waals surface area contributed by atoms with E-state index in [1.807, 2.05) is 50.2 Å². The zero-order chi connectivity index (χ0) is 18.8. The SMILES string of the molecule is CCCOc1ccc(OCC(=O)NCc2ccc(OC(C)C)cc2)cc1. The van der Waals surface area contributed by atoms with Crippen molar-refractivity contribution in [3.63, 3.8) is 0 Å². The second-order valence-electron chi connectivity index (χ2n) is 6.20. The maximum atomic E-state index is 11.9. The van der Waals surface area contributed by atoms with E-state index in [9.17, 15) is 4.79 Å². The fourth-order valence-electron chi connectivity index (χ4n) is 2.21. The van der Waals surface area contributed by atoms with Crippen LogP contribution in [0.4, 0.5) is 0 Å². The quantitative estimate of drug-likeness (QED) is 0.699. The van der Waals surface area contributed by atoms with Crippen molar-refractivity contribution in [3.05, 3.63) is 54.1 Å². The fraction of sp³-hybridized carbons (Fsp3) is 0.381. The minimum Gasteiger partial charge on any atom is -0.494 e. The smallest absolute Gasteiger partial charge is 0.258 e. The molecule has 0 fully saturated rings. The summed E-state index contributed by atoms with van der Waals surface area (Å²) in [7, 11) is 0. The first kappa shape index (κ1) is 19.6. The molecule has 0 aliphatic heterocycles. The van der Waals surface area contributed by atoms with Crippen LogP contribution in [0.15, 0.2) is 48.5 Å². The van der Waals surface area contributed by atoms with Gasteiger partial charge in [0.2, 0.25) is 0 Å². The molecule has 2 aromatic carbocycles. The van der Waals surface area contributed by atoms with Crippen LogP contribution in [0.1, 0.15) is 32.8 Å². The predicted molar refractivity (Wildman–Crippen MR) is 102 cm³/mol. The first-order chi connectivity index (χ1) is 12.6. The summed E-state index contributed by atoms with van der Waals surface area (Å²) in [4.78, 5) is 11.9. The van der Waals surface area contributed by atoms with Crippen LogP contribution < -0.4 is 19.5 Å². The summed E-state index contributed by atoms with van der Waals surface area (Å²) in [6.07, 6.45) is 1.11. The van der Waals surface area contributed by atoms with Crippen molar-refractivity contribution in [2.24, 2.45) is 0 Å². The van der Waals surface area contributed by atoms with E-state index in [0.29, 0.717) is 18.9 Å². The van der Waals surface area contributed by atoms with Crippen LogP contribution in [0.25, 0.3) is 0 Å². The normalized spacial score (nSPS) is 10.5. The number of nitrogens with one attached hydrogen (secondary N) is 1. The summed E-state index contributed by atoms with van der Waals surface area (Å²) in [6.45, 7) is 7.15. The number of hydrogen-bond acceptors (Lipinski definition) is 4. The molecule has 0 saturated heterocycles. The number of carbonyl (C=O) groups excluding carboxylic acids is 1. The average Bonchev–Trinajstić information content (AvgIpc) is 2.64. The van der Waals surface area contributed by atoms with E-state index in [0.717, 1.165) is 23.5 Å². The number of rotatable bonds is 10. The topological polar surface area (TPSA) is 56.8 Å². The number of hydrogen-bond donors (Lipinski definition) is 1. The monoisotopic (exact) mass is 357 g/mol. The standard InChI is InChI=1S/C21H27NO4/c1-4-13-24-18-9-11-19(12-10-18)25-15-21(23)22-14-17-5-7-20(8-6-17)26-16(2)3/h5-12,16H,4,13-15H2,1-3H3,(H,22,23). The molecule has 1 amide bonds. The number of carbonyl (C=O) groups is 1. The van der Waals surface area contributed by atoms with E-state index in [-0.39, 0.29) is 18.6 Å². The van der Waals surface area contributed by atoms with Crippen molar-refractivity contribution in [2.75, 3.05) is 13.2 Å². The second-order valence-corrected chi connectivity index (χ2v) is 6.20. The van der Waals surface area contributed by atoms with Crippen molar-refractivity contribution in [3.8, 4) is 17.2 Å². The maximum absolute atomic E-state index is 11.9. The van der Waals surface area contributed by atoms with Gasteiger partial charge in [0, 0.05) is 6.54 Å². The van der Waals surface area contributed by atoms with Crippen LogP contribution in [0.2, 0.25) is 0 Å². The van der Waals surface area contributed by atoms with Gasteiger partial charge >= 0.3 is 0 Å². The third-order valence-electron chi connectivity index (χ3n) is 3.45. The maximum Gasteiger partial charge on any atom is 0.258 e. The fourth-order valence-corrected chi connectivity index (χ4v) is 2.21. The molecule has 2 aromatic rings. The van der Waals surface area contributed by atoms with Crippen LogP contribution in [0, 0.1) is 0 Å². The van der Waals surface area contributed by atoms with E-state index in [2.05, 4.69) is 12.2 Å². The summed E-state index contributed by atoms with van der Waals surface area (Å²) in [5.74, 6) is 2.09. The van der Waals surface area contributed by atoms with Gasteiger partial charge in [-0.2, -0.15) is 0 Å². The van der Waals surface area contributed by atoms with Crippen molar-refractivity contribution < 1.29 is 19.0 Å². The van der Waals surface area contributed by atoms with E-state index < -0.39 is 0 Å². The molecule has 1 N–H and O–H groups in total. The van der Waals surface area contributed by atoms with Crippen LogP contribution in [-0.4, -0.2) is 25.2 Å². The zero-order valence-electron chi connectivity index (χ0n) is 15.7. The Bertz CT molecular complexity index is 665. The van der Waals surface area contributed by atoms with Crippen molar-refractivity contribution in [2.45, 2.75) is 39.8 Å². The molecule has 0 aliphatic carbocycles. The van der Waals surface area contributed by atoms with Gasteiger partial charge in [-0.25, -0.2) is 0 Å². The highest BCUT2D eigenvalue weighted by molar-refractivity contribution is 5.77. The summed E-state index contributed by atoms with van der Waals surface area (Å²) < 4.78 is 16.6. The van der Waals surface area contributed by atoms with Gasteiger partial charge in [0.25, 0.3) is 5.91 Å². The Morgan fingerprint density at radius 2 is 1.50 bits per heavy atom. The Morgan fingerprint density at radius 1 is 0.923 bits per heavy atom. The Balaban J connectivity index is 1.71. The van der Waals surface area contributed by atoms with Gasteiger partial charge in [-0.05, 0) is 62.2 Å². The van der Waals surface area contributed by atoms with Crippen LogP contribution in [0.3, 0.4) is 0 Å². The second kappa shape index (κ2) is 10.3. The Labute approximate surface area is 155 Å².